The summed E-state index contributed by atoms with van der Waals surface area (Å²) in [4.78, 5) is 0. The molecule has 4 heteroatoms. The Bertz CT molecular complexity index is 300. The van der Waals surface area contributed by atoms with Crippen molar-refractivity contribution in [3.05, 3.63) is 29.8 Å². The molecule has 1 aromatic rings. The number of halogens is 2. The molecule has 1 atom stereocenters. The summed E-state index contributed by atoms with van der Waals surface area (Å²) in [5.41, 5.74) is 0.693. The van der Waals surface area contributed by atoms with Crippen LogP contribution >= 0.6 is 0 Å². The van der Waals surface area contributed by atoms with Crippen molar-refractivity contribution in [2.75, 3.05) is 0 Å². The summed E-state index contributed by atoms with van der Waals surface area (Å²) in [6.07, 6.45) is 0.620. The Labute approximate surface area is 87.5 Å². The van der Waals surface area contributed by atoms with Gasteiger partial charge in [-0.05, 0) is 31.4 Å². The minimum absolute atomic E-state index is 0.188. The van der Waals surface area contributed by atoms with E-state index in [2.05, 4.69) is 4.74 Å². The maximum absolute atomic E-state index is 12.0. The third-order valence-corrected chi connectivity index (χ3v) is 2.02. The van der Waals surface area contributed by atoms with Gasteiger partial charge in [-0.1, -0.05) is 18.2 Å². The highest BCUT2D eigenvalue weighted by Gasteiger charge is 2.09. The van der Waals surface area contributed by atoms with Crippen molar-refractivity contribution in [1.29, 1.82) is 0 Å². The molecule has 0 amide bonds. The lowest BCUT2D eigenvalue weighted by Gasteiger charge is -2.10. The van der Waals surface area contributed by atoms with Crippen LogP contribution in [0, 0.1) is 0 Å². The molecule has 1 N–H and O–H groups in total. The zero-order valence-corrected chi connectivity index (χ0v) is 8.49. The molecule has 84 valence electrons. The van der Waals surface area contributed by atoms with Gasteiger partial charge >= 0.3 is 6.61 Å². The van der Waals surface area contributed by atoms with Gasteiger partial charge in [-0.2, -0.15) is 8.78 Å². The van der Waals surface area contributed by atoms with Gasteiger partial charge in [-0.25, -0.2) is 0 Å². The van der Waals surface area contributed by atoms with E-state index >= 15 is 0 Å². The monoisotopic (exact) mass is 216 g/mol. The summed E-state index contributed by atoms with van der Waals surface area (Å²) in [5, 5.41) is 9.10. The van der Waals surface area contributed by atoms with Crippen molar-refractivity contribution in [1.82, 2.24) is 0 Å². The minimum Gasteiger partial charge on any atom is -0.435 e. The van der Waals surface area contributed by atoms with E-state index in [9.17, 15) is 8.78 Å². The van der Waals surface area contributed by atoms with Gasteiger partial charge in [0.25, 0.3) is 0 Å². The van der Waals surface area contributed by atoms with E-state index in [1.807, 2.05) is 0 Å². The van der Waals surface area contributed by atoms with Crippen LogP contribution in [0.3, 0.4) is 0 Å². The second kappa shape index (κ2) is 5.66. The molecule has 1 rings (SSSR count). The average molecular weight is 216 g/mol. The van der Waals surface area contributed by atoms with Gasteiger partial charge < -0.3 is 9.84 Å². The van der Waals surface area contributed by atoms with Crippen LogP contribution in [0.2, 0.25) is 0 Å². The van der Waals surface area contributed by atoms with Crippen LogP contribution in [0.5, 0.6) is 5.75 Å². The smallest absolute Gasteiger partial charge is 0.387 e. The van der Waals surface area contributed by atoms with Crippen LogP contribution in [-0.4, -0.2) is 17.8 Å². The van der Waals surface area contributed by atoms with Gasteiger partial charge in [-0.3, -0.25) is 0 Å². The zero-order chi connectivity index (χ0) is 11.3. The van der Waals surface area contributed by atoms with Crippen molar-refractivity contribution in [3.63, 3.8) is 0 Å². The quantitative estimate of drug-likeness (QED) is 0.819. The van der Waals surface area contributed by atoms with E-state index < -0.39 is 12.7 Å². The number of ether oxygens (including phenoxy) is 1. The van der Waals surface area contributed by atoms with Crippen LogP contribution in [0.4, 0.5) is 8.78 Å². The zero-order valence-electron chi connectivity index (χ0n) is 8.49. The molecule has 0 bridgehead atoms. The number of rotatable bonds is 5. The molecule has 1 unspecified atom stereocenters. The second-order valence-corrected chi connectivity index (χ2v) is 3.37. The highest BCUT2D eigenvalue weighted by molar-refractivity contribution is 5.33. The fraction of sp³-hybridized carbons (Fsp3) is 0.455. The summed E-state index contributed by atoms with van der Waals surface area (Å²) >= 11 is 0. The highest BCUT2D eigenvalue weighted by atomic mass is 19.3. The van der Waals surface area contributed by atoms with Crippen molar-refractivity contribution >= 4 is 0 Å². The van der Waals surface area contributed by atoms with Crippen molar-refractivity contribution in [2.24, 2.45) is 0 Å². The van der Waals surface area contributed by atoms with Crippen LogP contribution in [0.25, 0.3) is 0 Å². The standard InChI is InChI=1S/C11H14F2O2/c1-8(14)6-7-9-4-2-3-5-10(9)15-11(12)13/h2-5,8,11,14H,6-7H2,1H3. The van der Waals surface area contributed by atoms with E-state index in [-0.39, 0.29) is 5.75 Å². The molecule has 1 aromatic carbocycles. The molecule has 0 saturated heterocycles. The van der Waals surface area contributed by atoms with Gasteiger partial charge in [0.1, 0.15) is 5.75 Å². The lowest BCUT2D eigenvalue weighted by atomic mass is 10.1. The van der Waals surface area contributed by atoms with Crippen LogP contribution in [-0.2, 0) is 6.42 Å². The molecule has 0 spiro atoms. The third-order valence-electron chi connectivity index (χ3n) is 2.02. The minimum atomic E-state index is -2.81. The van der Waals surface area contributed by atoms with Gasteiger partial charge in [0.2, 0.25) is 0 Å². The lowest BCUT2D eigenvalue weighted by Crippen LogP contribution is -2.06. The molecule has 0 aromatic heterocycles. The summed E-state index contributed by atoms with van der Waals surface area (Å²) in [7, 11) is 0. The lowest BCUT2D eigenvalue weighted by molar-refractivity contribution is -0.0504. The normalized spacial score (nSPS) is 12.9. The summed E-state index contributed by atoms with van der Waals surface area (Å²) in [5.74, 6) is 0.188. The number of aliphatic hydroxyl groups excluding tert-OH is 1. The van der Waals surface area contributed by atoms with E-state index in [1.165, 1.54) is 6.07 Å². The number of benzene rings is 1. The van der Waals surface area contributed by atoms with Crippen molar-refractivity contribution in [2.45, 2.75) is 32.5 Å². The number of aryl methyl sites for hydroxylation is 1. The fourth-order valence-electron chi connectivity index (χ4n) is 1.29. The average Bonchev–Trinajstić information content (AvgIpc) is 2.15. The molecule has 0 saturated carbocycles. The molecular weight excluding hydrogens is 202 g/mol. The Hall–Kier alpha value is -1.16. The Morgan fingerprint density at radius 1 is 1.33 bits per heavy atom. The van der Waals surface area contributed by atoms with Crippen molar-refractivity contribution in [3.8, 4) is 5.75 Å². The van der Waals surface area contributed by atoms with Gasteiger partial charge in [0.15, 0.2) is 0 Å². The van der Waals surface area contributed by atoms with E-state index in [0.29, 0.717) is 18.4 Å². The summed E-state index contributed by atoms with van der Waals surface area (Å²) < 4.78 is 28.4. The van der Waals surface area contributed by atoms with E-state index in [4.69, 9.17) is 5.11 Å². The molecule has 0 fully saturated rings. The number of alkyl halides is 2. The summed E-state index contributed by atoms with van der Waals surface area (Å²) in [6.45, 7) is -1.14. The number of aliphatic hydroxyl groups is 1. The number of hydrogen-bond acceptors (Lipinski definition) is 2. The highest BCUT2D eigenvalue weighted by Crippen LogP contribution is 2.21. The van der Waals surface area contributed by atoms with E-state index in [0.717, 1.165) is 0 Å². The van der Waals surface area contributed by atoms with Crippen molar-refractivity contribution < 1.29 is 18.6 Å². The third kappa shape index (κ3) is 4.25. The molecule has 0 heterocycles. The van der Waals surface area contributed by atoms with Gasteiger partial charge in [-0.15, -0.1) is 0 Å². The van der Waals surface area contributed by atoms with Gasteiger partial charge in [0.05, 0.1) is 6.10 Å². The largest absolute Gasteiger partial charge is 0.435 e. The molecule has 2 nitrogen and oxygen atoms in total. The summed E-state index contributed by atoms with van der Waals surface area (Å²) in [6, 6.07) is 6.63. The van der Waals surface area contributed by atoms with E-state index in [1.54, 1.807) is 25.1 Å². The maximum atomic E-state index is 12.0. The Kier molecular flexibility index (Phi) is 4.49. The topological polar surface area (TPSA) is 29.5 Å². The fourth-order valence-corrected chi connectivity index (χ4v) is 1.29. The Morgan fingerprint density at radius 3 is 2.60 bits per heavy atom. The molecule has 0 aliphatic rings. The first-order valence-corrected chi connectivity index (χ1v) is 4.80. The molecular formula is C11H14F2O2. The number of para-hydroxylation sites is 1. The second-order valence-electron chi connectivity index (χ2n) is 3.37. The molecule has 15 heavy (non-hydrogen) atoms. The predicted octanol–water partition coefficient (Wildman–Crippen LogP) is 2.60. The molecule has 0 radical (unpaired) electrons. The molecule has 0 aliphatic carbocycles. The first-order valence-electron chi connectivity index (χ1n) is 4.80. The first-order chi connectivity index (χ1) is 7.09. The Morgan fingerprint density at radius 2 is 2.00 bits per heavy atom. The molecule has 0 aliphatic heterocycles. The first kappa shape index (κ1) is 11.9. The number of hydrogen-bond donors (Lipinski definition) is 1. The SMILES string of the molecule is CC(O)CCc1ccccc1OC(F)F. The maximum Gasteiger partial charge on any atom is 0.387 e. The van der Waals surface area contributed by atoms with Gasteiger partial charge in [0, 0.05) is 0 Å². The van der Waals surface area contributed by atoms with Crippen LogP contribution in [0.15, 0.2) is 24.3 Å². The van der Waals surface area contributed by atoms with Crippen LogP contribution in [0.1, 0.15) is 18.9 Å². The predicted molar refractivity (Wildman–Crippen MR) is 53.1 cm³/mol. The van der Waals surface area contributed by atoms with Crippen LogP contribution < -0.4 is 4.74 Å². The Balaban J connectivity index is 2.68.